The van der Waals surface area contributed by atoms with Gasteiger partial charge >= 0.3 is 5.97 Å². The first kappa shape index (κ1) is 19.5. The van der Waals surface area contributed by atoms with Crippen molar-refractivity contribution in [2.24, 2.45) is 0 Å². The Bertz CT molecular complexity index is 1170. The second-order valence-electron chi connectivity index (χ2n) is 6.89. The standard InChI is InChI=1S/C22H19N3O5/c26-19(10-12-24-14-23-18-9-4-3-8-17(18)20(24)27)30-13-5-11-25-21(28)15-6-1-2-7-16(15)22(25)29/h1-4,6-9,14H,5,10-13H2. The lowest BCUT2D eigenvalue weighted by atomic mass is 10.1. The molecule has 0 unspecified atom stereocenters. The van der Waals surface area contributed by atoms with Crippen molar-refractivity contribution in [2.45, 2.75) is 19.4 Å². The van der Waals surface area contributed by atoms with Gasteiger partial charge in [0.1, 0.15) is 0 Å². The zero-order chi connectivity index (χ0) is 21.1. The number of aromatic nitrogens is 2. The summed E-state index contributed by atoms with van der Waals surface area (Å²) < 4.78 is 6.55. The van der Waals surface area contributed by atoms with Crippen molar-refractivity contribution in [2.75, 3.05) is 13.2 Å². The molecule has 1 aliphatic heterocycles. The first-order chi connectivity index (χ1) is 14.6. The number of benzene rings is 2. The number of aryl methyl sites for hydroxylation is 1. The molecule has 0 saturated carbocycles. The predicted molar refractivity (Wildman–Crippen MR) is 108 cm³/mol. The lowest BCUT2D eigenvalue weighted by Crippen LogP contribution is -2.31. The zero-order valence-corrected chi connectivity index (χ0v) is 16.1. The van der Waals surface area contributed by atoms with Gasteiger partial charge in [0.25, 0.3) is 17.4 Å². The highest BCUT2D eigenvalue weighted by molar-refractivity contribution is 6.21. The molecule has 0 bridgehead atoms. The van der Waals surface area contributed by atoms with Gasteiger partial charge < -0.3 is 4.74 Å². The van der Waals surface area contributed by atoms with Crippen molar-refractivity contribution < 1.29 is 19.1 Å². The van der Waals surface area contributed by atoms with Crippen LogP contribution in [0.3, 0.4) is 0 Å². The minimum atomic E-state index is -0.461. The molecule has 4 rings (SSSR count). The van der Waals surface area contributed by atoms with Gasteiger partial charge in [0, 0.05) is 13.1 Å². The molecule has 2 aromatic carbocycles. The number of amides is 2. The number of rotatable bonds is 7. The molecule has 1 aliphatic rings. The van der Waals surface area contributed by atoms with Gasteiger partial charge in [-0.05, 0) is 30.7 Å². The van der Waals surface area contributed by atoms with Crippen molar-refractivity contribution in [1.82, 2.24) is 14.5 Å². The molecule has 30 heavy (non-hydrogen) atoms. The van der Waals surface area contributed by atoms with Crippen molar-refractivity contribution >= 4 is 28.7 Å². The minimum absolute atomic E-state index is 0.0208. The third kappa shape index (κ3) is 3.71. The lowest BCUT2D eigenvalue weighted by molar-refractivity contribution is -0.144. The molecular formula is C22H19N3O5. The van der Waals surface area contributed by atoms with Gasteiger partial charge in [0.05, 0.1) is 41.4 Å². The van der Waals surface area contributed by atoms with E-state index in [-0.39, 0.29) is 43.5 Å². The molecule has 0 spiro atoms. The first-order valence-electron chi connectivity index (χ1n) is 9.61. The van der Waals surface area contributed by atoms with E-state index in [9.17, 15) is 19.2 Å². The fraction of sp³-hybridized carbons (Fsp3) is 0.227. The Balaban J connectivity index is 1.25. The lowest BCUT2D eigenvalue weighted by Gasteiger charge is -2.13. The number of fused-ring (bicyclic) bond motifs is 2. The molecule has 152 valence electrons. The Labute approximate surface area is 171 Å². The van der Waals surface area contributed by atoms with E-state index in [0.717, 1.165) is 0 Å². The molecule has 1 aromatic heterocycles. The highest BCUT2D eigenvalue weighted by Crippen LogP contribution is 2.22. The largest absolute Gasteiger partial charge is 0.466 e. The molecule has 0 N–H and O–H groups in total. The molecule has 0 saturated heterocycles. The van der Waals surface area contributed by atoms with Crippen LogP contribution in [-0.4, -0.2) is 45.4 Å². The van der Waals surface area contributed by atoms with E-state index in [1.807, 2.05) is 0 Å². The molecule has 8 nitrogen and oxygen atoms in total. The van der Waals surface area contributed by atoms with Crippen LogP contribution in [0, 0.1) is 0 Å². The fourth-order valence-electron chi connectivity index (χ4n) is 3.40. The van der Waals surface area contributed by atoms with Crippen LogP contribution in [0.25, 0.3) is 10.9 Å². The summed E-state index contributed by atoms with van der Waals surface area (Å²) >= 11 is 0. The van der Waals surface area contributed by atoms with Gasteiger partial charge in [-0.15, -0.1) is 0 Å². The van der Waals surface area contributed by atoms with Gasteiger partial charge in [0.2, 0.25) is 0 Å². The number of hydrogen-bond donors (Lipinski definition) is 0. The van der Waals surface area contributed by atoms with Gasteiger partial charge in [-0.3, -0.25) is 28.6 Å². The summed E-state index contributed by atoms with van der Waals surface area (Å²) in [5, 5.41) is 0.495. The molecule has 0 aliphatic carbocycles. The highest BCUT2D eigenvalue weighted by Gasteiger charge is 2.34. The molecular weight excluding hydrogens is 386 g/mol. The van der Waals surface area contributed by atoms with Crippen LogP contribution in [0.2, 0.25) is 0 Å². The van der Waals surface area contributed by atoms with Gasteiger partial charge in [-0.25, -0.2) is 4.98 Å². The average molecular weight is 405 g/mol. The maximum Gasteiger partial charge on any atom is 0.307 e. The quantitative estimate of drug-likeness (QED) is 0.339. The Kier molecular flexibility index (Phi) is 5.38. The highest BCUT2D eigenvalue weighted by atomic mass is 16.5. The van der Waals surface area contributed by atoms with Gasteiger partial charge in [0.15, 0.2) is 0 Å². The van der Waals surface area contributed by atoms with E-state index < -0.39 is 5.97 Å². The molecule has 3 aromatic rings. The Morgan fingerprint density at radius 3 is 2.30 bits per heavy atom. The number of carbonyl (C=O) groups is 3. The number of esters is 1. The topological polar surface area (TPSA) is 98.6 Å². The summed E-state index contributed by atoms with van der Waals surface area (Å²) in [7, 11) is 0. The molecule has 2 heterocycles. The van der Waals surface area contributed by atoms with Crippen molar-refractivity contribution in [1.29, 1.82) is 0 Å². The van der Waals surface area contributed by atoms with E-state index in [1.165, 1.54) is 15.8 Å². The van der Waals surface area contributed by atoms with E-state index >= 15 is 0 Å². The maximum atomic E-state index is 12.4. The number of nitrogens with zero attached hydrogens (tertiary/aromatic N) is 3. The van der Waals surface area contributed by atoms with Crippen LogP contribution in [0.4, 0.5) is 0 Å². The summed E-state index contributed by atoms with van der Waals surface area (Å²) in [6.45, 7) is 0.415. The van der Waals surface area contributed by atoms with Crippen LogP contribution in [-0.2, 0) is 16.1 Å². The first-order valence-corrected chi connectivity index (χ1v) is 9.61. The summed E-state index contributed by atoms with van der Waals surface area (Å²) in [6.07, 6.45) is 1.78. The SMILES string of the molecule is O=C(CCn1cnc2ccccc2c1=O)OCCCN1C(=O)c2ccccc2C1=O. The predicted octanol–water partition coefficient (Wildman–Crippen LogP) is 2.02. The number of imide groups is 1. The fourth-order valence-corrected chi connectivity index (χ4v) is 3.40. The summed E-state index contributed by atoms with van der Waals surface area (Å²) in [4.78, 5) is 54.3. The number of ether oxygens (including phenoxy) is 1. The van der Waals surface area contributed by atoms with Gasteiger partial charge in [-0.1, -0.05) is 24.3 Å². The number of hydrogen-bond acceptors (Lipinski definition) is 6. The normalized spacial score (nSPS) is 13.0. The Morgan fingerprint density at radius 2 is 1.57 bits per heavy atom. The van der Waals surface area contributed by atoms with Crippen molar-refractivity contribution in [3.05, 3.63) is 76.3 Å². The zero-order valence-electron chi connectivity index (χ0n) is 16.1. The second kappa shape index (κ2) is 8.28. The second-order valence-corrected chi connectivity index (χ2v) is 6.89. The van der Waals surface area contributed by atoms with E-state index in [4.69, 9.17) is 4.74 Å². The van der Waals surface area contributed by atoms with Crippen LogP contribution >= 0.6 is 0 Å². The van der Waals surface area contributed by atoms with Crippen molar-refractivity contribution in [3.63, 3.8) is 0 Å². The molecule has 2 amide bonds. The minimum Gasteiger partial charge on any atom is -0.466 e. The van der Waals surface area contributed by atoms with Crippen LogP contribution in [0.1, 0.15) is 33.6 Å². The van der Waals surface area contributed by atoms with E-state index in [2.05, 4.69) is 4.98 Å². The monoisotopic (exact) mass is 405 g/mol. The summed E-state index contributed by atoms with van der Waals surface area (Å²) in [5.74, 6) is -1.12. The van der Waals surface area contributed by atoms with E-state index in [1.54, 1.807) is 48.5 Å². The van der Waals surface area contributed by atoms with Crippen LogP contribution in [0.15, 0.2) is 59.7 Å². The van der Waals surface area contributed by atoms with Crippen molar-refractivity contribution in [3.8, 4) is 0 Å². The Hall–Kier alpha value is -3.81. The van der Waals surface area contributed by atoms with Crippen LogP contribution < -0.4 is 5.56 Å². The summed E-state index contributed by atoms with van der Waals surface area (Å²) in [5.41, 5.74) is 1.19. The van der Waals surface area contributed by atoms with E-state index in [0.29, 0.717) is 28.5 Å². The Morgan fingerprint density at radius 1 is 0.900 bits per heavy atom. The third-order valence-electron chi connectivity index (χ3n) is 4.96. The van der Waals surface area contributed by atoms with Crippen LogP contribution in [0.5, 0.6) is 0 Å². The molecule has 0 radical (unpaired) electrons. The average Bonchev–Trinajstić information content (AvgIpc) is 3.01. The maximum absolute atomic E-state index is 12.4. The molecule has 0 atom stereocenters. The van der Waals surface area contributed by atoms with Gasteiger partial charge in [-0.2, -0.15) is 0 Å². The molecule has 0 fully saturated rings. The summed E-state index contributed by atoms with van der Waals surface area (Å²) in [6, 6.07) is 13.7. The number of carbonyl (C=O) groups excluding carboxylic acids is 3. The molecule has 8 heteroatoms. The number of para-hydroxylation sites is 1. The third-order valence-corrected chi connectivity index (χ3v) is 4.96. The smallest absolute Gasteiger partial charge is 0.307 e.